The molecule has 3 N–H and O–H groups in total. The molecule has 0 aliphatic carbocycles. The van der Waals surface area contributed by atoms with Crippen molar-refractivity contribution in [1.82, 2.24) is 10.3 Å². The molecule has 2 aromatic carbocycles. The highest BCUT2D eigenvalue weighted by molar-refractivity contribution is 6.05. The number of aromatic hydroxyl groups is 1. The molecule has 2 heterocycles. The van der Waals surface area contributed by atoms with Crippen molar-refractivity contribution in [3.05, 3.63) is 53.3 Å². The van der Waals surface area contributed by atoms with Gasteiger partial charge in [-0.3, -0.25) is 9.80 Å². The molecule has 0 unspecified atom stereocenters. The lowest BCUT2D eigenvalue weighted by molar-refractivity contribution is 0.102. The molecule has 2 fully saturated rings. The third-order valence-corrected chi connectivity index (χ3v) is 5.40. The summed E-state index contributed by atoms with van der Waals surface area (Å²) in [7, 11) is 0. The van der Waals surface area contributed by atoms with Crippen molar-refractivity contribution >= 4 is 23.5 Å². The van der Waals surface area contributed by atoms with Crippen molar-refractivity contribution in [2.45, 2.75) is 12.8 Å². The maximum Gasteiger partial charge on any atom is 0.255 e. The number of nitrogens with one attached hydrogen (secondary N) is 2. The van der Waals surface area contributed by atoms with E-state index in [-0.39, 0.29) is 11.1 Å². The number of hydrazone groups is 1. The van der Waals surface area contributed by atoms with Gasteiger partial charge in [-0.2, -0.15) is 5.10 Å². The molecule has 0 aromatic heterocycles. The Kier molecular flexibility index (Phi) is 6.13. The number of carbonyl (C=O) groups is 1. The van der Waals surface area contributed by atoms with Crippen molar-refractivity contribution < 1.29 is 14.3 Å². The number of nitrogens with zero attached hydrogens (tertiary/aromatic N) is 3. The van der Waals surface area contributed by atoms with Crippen LogP contribution in [0.15, 0.2) is 41.5 Å². The van der Waals surface area contributed by atoms with E-state index in [0.29, 0.717) is 5.69 Å². The van der Waals surface area contributed by atoms with Crippen LogP contribution in [0.4, 0.5) is 15.8 Å². The quantitative estimate of drug-likeness (QED) is 0.659. The van der Waals surface area contributed by atoms with Gasteiger partial charge in [-0.25, -0.2) is 4.39 Å². The molecule has 1 amide bonds. The number of halogens is 1. The number of benzene rings is 2. The molecule has 158 valence electrons. The van der Waals surface area contributed by atoms with Crippen LogP contribution in [0.1, 0.15) is 28.8 Å². The first kappa shape index (κ1) is 20.2. The van der Waals surface area contributed by atoms with Gasteiger partial charge in [0.2, 0.25) is 0 Å². The summed E-state index contributed by atoms with van der Waals surface area (Å²) in [6.07, 6.45) is 3.79. The van der Waals surface area contributed by atoms with Gasteiger partial charge in [-0.15, -0.1) is 0 Å². The van der Waals surface area contributed by atoms with Crippen molar-refractivity contribution in [1.29, 1.82) is 0 Å². The molecule has 7 nitrogen and oxygen atoms in total. The smallest absolute Gasteiger partial charge is 0.255 e. The Morgan fingerprint density at radius 3 is 2.50 bits per heavy atom. The van der Waals surface area contributed by atoms with Crippen LogP contribution in [-0.4, -0.2) is 61.5 Å². The Labute approximate surface area is 175 Å². The molecular formula is C22H26FN5O2. The summed E-state index contributed by atoms with van der Waals surface area (Å²) in [5, 5.41) is 22.2. The minimum atomic E-state index is -0.853. The van der Waals surface area contributed by atoms with E-state index in [9.17, 15) is 14.3 Å². The van der Waals surface area contributed by atoms with Crippen LogP contribution in [0.3, 0.4) is 0 Å². The Morgan fingerprint density at radius 1 is 1.10 bits per heavy atom. The third kappa shape index (κ3) is 4.71. The molecule has 0 saturated carbocycles. The Hall–Kier alpha value is -3.13. The van der Waals surface area contributed by atoms with Crippen molar-refractivity contribution in [3.63, 3.8) is 0 Å². The predicted octanol–water partition coefficient (Wildman–Crippen LogP) is 2.62. The normalized spacial score (nSPS) is 17.0. The zero-order valence-corrected chi connectivity index (χ0v) is 16.8. The summed E-state index contributed by atoms with van der Waals surface area (Å²) < 4.78 is 14.2. The fraction of sp³-hybridized carbons (Fsp3) is 0.364. The monoisotopic (exact) mass is 411 g/mol. The van der Waals surface area contributed by atoms with Gasteiger partial charge < -0.3 is 20.6 Å². The van der Waals surface area contributed by atoms with Crippen molar-refractivity contribution in [2.75, 3.05) is 49.5 Å². The van der Waals surface area contributed by atoms with E-state index in [1.54, 1.807) is 0 Å². The highest BCUT2D eigenvalue weighted by Crippen LogP contribution is 2.24. The maximum absolute atomic E-state index is 14.2. The Balaban J connectivity index is 1.46. The number of phenolic OH excluding ortho intramolecular Hbond substituents is 1. The number of carbonyl (C=O) groups excluding carboxylic acids is 1. The van der Waals surface area contributed by atoms with E-state index in [1.807, 2.05) is 29.3 Å². The number of rotatable bonds is 5. The third-order valence-electron chi connectivity index (χ3n) is 5.40. The molecule has 8 heteroatoms. The first-order valence-corrected chi connectivity index (χ1v) is 10.3. The maximum atomic E-state index is 14.2. The topological polar surface area (TPSA) is 80.2 Å². The zero-order chi connectivity index (χ0) is 20.9. The van der Waals surface area contributed by atoms with E-state index in [2.05, 4.69) is 20.6 Å². The van der Waals surface area contributed by atoms with E-state index < -0.39 is 17.5 Å². The van der Waals surface area contributed by atoms with Crippen LogP contribution in [-0.2, 0) is 0 Å². The van der Waals surface area contributed by atoms with Gasteiger partial charge in [0.15, 0.2) is 11.6 Å². The highest BCUT2D eigenvalue weighted by Gasteiger charge is 2.16. The predicted molar refractivity (Wildman–Crippen MR) is 116 cm³/mol. The average molecular weight is 411 g/mol. The molecule has 2 saturated heterocycles. The molecule has 0 atom stereocenters. The molecule has 2 aromatic rings. The zero-order valence-electron chi connectivity index (χ0n) is 16.8. The first-order valence-electron chi connectivity index (χ1n) is 10.3. The summed E-state index contributed by atoms with van der Waals surface area (Å²) in [6.45, 7) is 5.20. The number of hydrogen-bond acceptors (Lipinski definition) is 6. The highest BCUT2D eigenvalue weighted by atomic mass is 19.1. The number of hydrogen-bond donors (Lipinski definition) is 3. The average Bonchev–Trinajstić information content (AvgIpc) is 3.31. The fourth-order valence-corrected chi connectivity index (χ4v) is 3.70. The molecule has 4 rings (SSSR count). The summed E-state index contributed by atoms with van der Waals surface area (Å²) >= 11 is 0. The van der Waals surface area contributed by atoms with Gasteiger partial charge in [0.1, 0.15) is 0 Å². The molecule has 0 radical (unpaired) electrons. The summed E-state index contributed by atoms with van der Waals surface area (Å²) in [5.41, 5.74) is 2.05. The van der Waals surface area contributed by atoms with Gasteiger partial charge in [-0.05, 0) is 49.2 Å². The number of anilines is 2. The summed E-state index contributed by atoms with van der Waals surface area (Å²) in [5.74, 6) is -1.81. The van der Waals surface area contributed by atoms with Gasteiger partial charge in [0.05, 0.1) is 6.21 Å². The molecule has 2 aliphatic rings. The second kappa shape index (κ2) is 9.13. The van der Waals surface area contributed by atoms with E-state index in [1.165, 1.54) is 25.1 Å². The van der Waals surface area contributed by atoms with Crippen LogP contribution in [0.25, 0.3) is 0 Å². The van der Waals surface area contributed by atoms with Crippen LogP contribution in [0, 0.1) is 5.82 Å². The van der Waals surface area contributed by atoms with Crippen LogP contribution in [0.5, 0.6) is 5.75 Å². The van der Waals surface area contributed by atoms with Crippen molar-refractivity contribution in [3.8, 4) is 5.75 Å². The van der Waals surface area contributed by atoms with Gasteiger partial charge >= 0.3 is 0 Å². The molecule has 0 bridgehead atoms. The molecule has 30 heavy (non-hydrogen) atoms. The molecule has 0 spiro atoms. The second-order valence-electron chi connectivity index (χ2n) is 7.54. The Morgan fingerprint density at radius 2 is 1.80 bits per heavy atom. The largest absolute Gasteiger partial charge is 0.504 e. The molecular weight excluding hydrogens is 385 g/mol. The van der Waals surface area contributed by atoms with E-state index in [4.69, 9.17) is 0 Å². The SMILES string of the molecule is O=C(Nc1ccc(N2CCCC2)cc1)c1cc(F)c(O)c(C=NN2CCNCC2)c1. The summed E-state index contributed by atoms with van der Waals surface area (Å²) in [4.78, 5) is 15.0. The van der Waals surface area contributed by atoms with Gasteiger partial charge in [-0.1, -0.05) is 0 Å². The summed E-state index contributed by atoms with van der Waals surface area (Å²) in [6, 6.07) is 10.1. The molecule has 2 aliphatic heterocycles. The first-order chi connectivity index (χ1) is 14.6. The number of piperazine rings is 1. The number of amides is 1. The minimum Gasteiger partial charge on any atom is -0.504 e. The van der Waals surface area contributed by atoms with Gasteiger partial charge in [0.25, 0.3) is 5.91 Å². The van der Waals surface area contributed by atoms with Crippen LogP contribution < -0.4 is 15.5 Å². The lowest BCUT2D eigenvalue weighted by Crippen LogP contribution is -2.40. The standard InChI is InChI=1S/C22H26FN5O2/c23-20-14-16(13-17(21(20)29)15-25-28-11-7-24-8-12-28)22(30)26-18-3-5-19(6-4-18)27-9-1-2-10-27/h3-6,13-15,24,29H,1-2,7-12H2,(H,26,30). The number of phenols is 1. The van der Waals surface area contributed by atoms with E-state index >= 15 is 0 Å². The van der Waals surface area contributed by atoms with Gasteiger partial charge in [0, 0.05) is 61.8 Å². The lowest BCUT2D eigenvalue weighted by Gasteiger charge is -2.24. The van der Waals surface area contributed by atoms with Crippen LogP contribution >= 0.6 is 0 Å². The lowest BCUT2D eigenvalue weighted by atomic mass is 10.1. The van der Waals surface area contributed by atoms with E-state index in [0.717, 1.165) is 51.0 Å². The van der Waals surface area contributed by atoms with Crippen LogP contribution in [0.2, 0.25) is 0 Å². The fourth-order valence-electron chi connectivity index (χ4n) is 3.70. The van der Waals surface area contributed by atoms with Crippen molar-refractivity contribution in [2.24, 2.45) is 5.10 Å². The minimum absolute atomic E-state index is 0.121. The Bertz CT molecular complexity index is 920. The second-order valence-corrected chi connectivity index (χ2v) is 7.54.